The zero-order chi connectivity index (χ0) is 14.4. The monoisotopic (exact) mass is 268 g/mol. The Balaban J connectivity index is 2.60. The van der Waals surface area contributed by atoms with Crippen LogP contribution < -0.4 is 10.6 Å². The summed E-state index contributed by atoms with van der Waals surface area (Å²) in [5, 5.41) is 18.1. The zero-order valence-electron chi connectivity index (χ0n) is 11.4. The highest BCUT2D eigenvalue weighted by Gasteiger charge is 2.25. The number of anilines is 1. The Morgan fingerprint density at radius 3 is 2.63 bits per heavy atom. The molecule has 0 saturated carbocycles. The van der Waals surface area contributed by atoms with Crippen LogP contribution in [0.1, 0.15) is 27.2 Å². The van der Waals surface area contributed by atoms with E-state index in [4.69, 9.17) is 5.11 Å². The third kappa shape index (κ3) is 4.27. The number of rotatable bonds is 6. The summed E-state index contributed by atoms with van der Waals surface area (Å²) in [4.78, 5) is 22.8. The highest BCUT2D eigenvalue weighted by molar-refractivity contribution is 5.92. The third-order valence-corrected chi connectivity index (χ3v) is 2.98. The Kier molecular flexibility index (Phi) is 5.35. The zero-order valence-corrected chi connectivity index (χ0v) is 11.4. The van der Waals surface area contributed by atoms with E-state index in [0.717, 1.165) is 0 Å². The Bertz CT molecular complexity index is 444. The second-order valence-electron chi connectivity index (χ2n) is 4.38. The first-order chi connectivity index (χ1) is 8.97. The van der Waals surface area contributed by atoms with Crippen LogP contribution in [0.2, 0.25) is 0 Å². The van der Waals surface area contributed by atoms with E-state index in [-0.39, 0.29) is 5.92 Å². The summed E-state index contributed by atoms with van der Waals surface area (Å²) in [5.74, 6) is -1.17. The average Bonchev–Trinajstić information content (AvgIpc) is 2.82. The predicted molar refractivity (Wildman–Crippen MR) is 70.9 cm³/mol. The molecule has 1 heterocycles. The van der Waals surface area contributed by atoms with Crippen molar-refractivity contribution in [1.29, 1.82) is 0 Å². The van der Waals surface area contributed by atoms with Crippen molar-refractivity contribution in [1.82, 2.24) is 15.1 Å². The van der Waals surface area contributed by atoms with Crippen LogP contribution in [0.15, 0.2) is 12.4 Å². The number of hydrogen-bond acceptors (Lipinski definition) is 3. The minimum Gasteiger partial charge on any atom is -0.480 e. The highest BCUT2D eigenvalue weighted by atomic mass is 16.4. The van der Waals surface area contributed by atoms with Crippen molar-refractivity contribution >= 4 is 17.7 Å². The molecule has 0 spiro atoms. The SMILES string of the molecule is CCC(C)C(NC(=O)Nc1cnn(CC)c1)C(=O)O. The summed E-state index contributed by atoms with van der Waals surface area (Å²) in [6.45, 7) is 6.30. The van der Waals surface area contributed by atoms with E-state index in [2.05, 4.69) is 15.7 Å². The number of hydrogen-bond donors (Lipinski definition) is 3. The number of carboxylic acids is 1. The lowest BCUT2D eigenvalue weighted by Gasteiger charge is -2.20. The molecule has 19 heavy (non-hydrogen) atoms. The summed E-state index contributed by atoms with van der Waals surface area (Å²) in [5.41, 5.74) is 0.535. The number of aromatic nitrogens is 2. The summed E-state index contributed by atoms with van der Waals surface area (Å²) >= 11 is 0. The Morgan fingerprint density at radius 2 is 2.16 bits per heavy atom. The van der Waals surface area contributed by atoms with Crippen LogP contribution >= 0.6 is 0 Å². The van der Waals surface area contributed by atoms with Gasteiger partial charge in [-0.25, -0.2) is 9.59 Å². The molecular formula is C12H20N4O3. The standard InChI is InChI=1S/C12H20N4O3/c1-4-8(3)10(11(17)18)15-12(19)14-9-6-13-16(5-2)7-9/h6-8,10H,4-5H2,1-3H3,(H,17,18)(H2,14,15,19). The maximum absolute atomic E-state index is 11.7. The number of carbonyl (C=O) groups is 2. The topological polar surface area (TPSA) is 96.3 Å². The molecule has 2 atom stereocenters. The molecule has 2 unspecified atom stereocenters. The van der Waals surface area contributed by atoms with Crippen molar-refractivity contribution in [3.63, 3.8) is 0 Å². The van der Waals surface area contributed by atoms with Gasteiger partial charge in [-0.1, -0.05) is 20.3 Å². The summed E-state index contributed by atoms with van der Waals surface area (Å²) in [6, 6.07) is -1.44. The number of carbonyl (C=O) groups excluding carboxylic acids is 1. The Labute approximate surface area is 112 Å². The second-order valence-corrected chi connectivity index (χ2v) is 4.38. The van der Waals surface area contributed by atoms with Gasteiger partial charge in [0.2, 0.25) is 0 Å². The van der Waals surface area contributed by atoms with Crippen LogP contribution in [-0.4, -0.2) is 32.9 Å². The molecule has 2 amide bonds. The van der Waals surface area contributed by atoms with E-state index in [9.17, 15) is 9.59 Å². The lowest BCUT2D eigenvalue weighted by atomic mass is 9.99. The first kappa shape index (κ1) is 15.0. The van der Waals surface area contributed by atoms with Crippen molar-refractivity contribution < 1.29 is 14.7 Å². The van der Waals surface area contributed by atoms with Crippen molar-refractivity contribution in [3.8, 4) is 0 Å². The van der Waals surface area contributed by atoms with E-state index in [1.807, 2.05) is 13.8 Å². The molecule has 0 aromatic carbocycles. The Morgan fingerprint density at radius 1 is 1.47 bits per heavy atom. The van der Waals surface area contributed by atoms with E-state index in [0.29, 0.717) is 18.7 Å². The molecule has 3 N–H and O–H groups in total. The van der Waals surface area contributed by atoms with Gasteiger partial charge in [-0.05, 0) is 12.8 Å². The minimum atomic E-state index is -1.03. The van der Waals surface area contributed by atoms with Gasteiger partial charge in [0, 0.05) is 12.7 Å². The molecule has 0 aliphatic carbocycles. The molecule has 106 valence electrons. The van der Waals surface area contributed by atoms with Crippen LogP contribution in [0.3, 0.4) is 0 Å². The molecule has 1 aromatic rings. The van der Waals surface area contributed by atoms with Gasteiger partial charge in [0.25, 0.3) is 0 Å². The lowest BCUT2D eigenvalue weighted by Crippen LogP contribution is -2.46. The van der Waals surface area contributed by atoms with E-state index < -0.39 is 18.0 Å². The van der Waals surface area contributed by atoms with E-state index >= 15 is 0 Å². The molecule has 0 aliphatic rings. The van der Waals surface area contributed by atoms with Gasteiger partial charge >= 0.3 is 12.0 Å². The second kappa shape index (κ2) is 6.77. The third-order valence-electron chi connectivity index (χ3n) is 2.98. The maximum atomic E-state index is 11.7. The predicted octanol–water partition coefficient (Wildman–Crippen LogP) is 1.52. The number of aliphatic carboxylic acids is 1. The molecular weight excluding hydrogens is 248 g/mol. The average molecular weight is 268 g/mol. The van der Waals surface area contributed by atoms with Crippen LogP contribution in [0, 0.1) is 5.92 Å². The van der Waals surface area contributed by atoms with Crippen LogP contribution in [-0.2, 0) is 11.3 Å². The van der Waals surface area contributed by atoms with Gasteiger partial charge in [-0.3, -0.25) is 4.68 Å². The summed E-state index contributed by atoms with van der Waals surface area (Å²) < 4.78 is 1.67. The lowest BCUT2D eigenvalue weighted by molar-refractivity contribution is -0.140. The van der Waals surface area contributed by atoms with Crippen molar-refractivity contribution in [3.05, 3.63) is 12.4 Å². The molecule has 7 nitrogen and oxygen atoms in total. The van der Waals surface area contributed by atoms with Gasteiger partial charge < -0.3 is 15.7 Å². The highest BCUT2D eigenvalue weighted by Crippen LogP contribution is 2.09. The normalized spacial score (nSPS) is 13.6. The molecule has 1 aromatic heterocycles. The van der Waals surface area contributed by atoms with E-state index in [1.54, 1.807) is 17.8 Å². The van der Waals surface area contributed by atoms with Gasteiger partial charge in [0.05, 0.1) is 11.9 Å². The van der Waals surface area contributed by atoms with Crippen LogP contribution in [0.4, 0.5) is 10.5 Å². The fourth-order valence-corrected chi connectivity index (χ4v) is 1.59. The summed E-state index contributed by atoms with van der Waals surface area (Å²) in [7, 11) is 0. The molecule has 0 bridgehead atoms. The fourth-order valence-electron chi connectivity index (χ4n) is 1.59. The quantitative estimate of drug-likeness (QED) is 0.728. The van der Waals surface area contributed by atoms with Gasteiger partial charge in [-0.2, -0.15) is 5.10 Å². The number of carboxylic acid groups (broad SMARTS) is 1. The Hall–Kier alpha value is -2.05. The smallest absolute Gasteiger partial charge is 0.326 e. The number of nitrogens with zero attached hydrogens (tertiary/aromatic N) is 2. The number of urea groups is 1. The molecule has 0 radical (unpaired) electrons. The molecule has 0 fully saturated rings. The largest absolute Gasteiger partial charge is 0.480 e. The maximum Gasteiger partial charge on any atom is 0.326 e. The first-order valence-electron chi connectivity index (χ1n) is 6.30. The van der Waals surface area contributed by atoms with Crippen molar-refractivity contribution in [2.24, 2.45) is 5.92 Å². The van der Waals surface area contributed by atoms with Crippen molar-refractivity contribution in [2.75, 3.05) is 5.32 Å². The number of aryl methyl sites for hydroxylation is 1. The first-order valence-corrected chi connectivity index (χ1v) is 6.30. The van der Waals surface area contributed by atoms with Crippen molar-refractivity contribution in [2.45, 2.75) is 39.8 Å². The van der Waals surface area contributed by atoms with Crippen LogP contribution in [0.5, 0.6) is 0 Å². The van der Waals surface area contributed by atoms with Crippen LogP contribution in [0.25, 0.3) is 0 Å². The molecule has 1 rings (SSSR count). The van der Waals surface area contributed by atoms with E-state index in [1.165, 1.54) is 6.20 Å². The van der Waals surface area contributed by atoms with Gasteiger partial charge in [0.15, 0.2) is 0 Å². The van der Waals surface area contributed by atoms with Gasteiger partial charge in [-0.15, -0.1) is 0 Å². The summed E-state index contributed by atoms with van der Waals surface area (Å²) in [6.07, 6.45) is 3.87. The molecule has 0 aliphatic heterocycles. The molecule has 0 saturated heterocycles. The van der Waals surface area contributed by atoms with Gasteiger partial charge in [0.1, 0.15) is 6.04 Å². The number of amides is 2. The fraction of sp³-hybridized carbons (Fsp3) is 0.583. The molecule has 7 heteroatoms. The number of nitrogens with one attached hydrogen (secondary N) is 2. The minimum absolute atomic E-state index is 0.137.